The summed E-state index contributed by atoms with van der Waals surface area (Å²) in [5, 5.41) is 7.86. The van der Waals surface area contributed by atoms with E-state index in [-0.39, 0.29) is 11.6 Å². The summed E-state index contributed by atoms with van der Waals surface area (Å²) < 4.78 is 6.63. The van der Waals surface area contributed by atoms with Crippen LogP contribution < -0.4 is 11.1 Å². The molecule has 39 heavy (non-hydrogen) atoms. The van der Waals surface area contributed by atoms with Crippen molar-refractivity contribution in [3.63, 3.8) is 0 Å². The van der Waals surface area contributed by atoms with Crippen LogP contribution in [0.1, 0.15) is 44.5 Å². The third-order valence-corrected chi connectivity index (χ3v) is 6.77. The molecule has 3 N–H and O–H groups in total. The molecule has 0 unspecified atom stereocenters. The lowest BCUT2D eigenvalue weighted by Crippen LogP contribution is -2.15. The first-order chi connectivity index (χ1) is 18.9. The number of halogens is 1. The number of primary amides is 1. The number of rotatable bonds is 7. The molecule has 1 heterocycles. The summed E-state index contributed by atoms with van der Waals surface area (Å²) in [4.78, 5) is 36.8. The predicted molar refractivity (Wildman–Crippen MR) is 150 cm³/mol. The normalized spacial score (nSPS) is 12.1. The zero-order chi connectivity index (χ0) is 27.5. The van der Waals surface area contributed by atoms with E-state index in [1.54, 1.807) is 41.9 Å². The average molecular weight is 541 g/mol. The Morgan fingerprint density at radius 2 is 1.85 bits per heavy atom. The number of esters is 1. The van der Waals surface area contributed by atoms with Gasteiger partial charge in [-0.1, -0.05) is 41.9 Å². The van der Waals surface area contributed by atoms with Crippen LogP contribution in [0.4, 0.5) is 5.69 Å². The fraction of sp³-hybridized carbons (Fsp3) is 0.133. The van der Waals surface area contributed by atoms with Crippen LogP contribution in [0.15, 0.2) is 72.8 Å². The van der Waals surface area contributed by atoms with Gasteiger partial charge in [-0.15, -0.1) is 0 Å². The number of fused-ring (bicyclic) bond motifs is 3. The van der Waals surface area contributed by atoms with Crippen molar-refractivity contribution in [1.29, 1.82) is 0 Å². The maximum atomic E-state index is 12.9. The predicted octanol–water partition coefficient (Wildman–Crippen LogP) is 5.22. The Morgan fingerprint density at radius 1 is 1.08 bits per heavy atom. The number of carbonyl (C=O) groups excluding carboxylic acids is 3. The van der Waals surface area contributed by atoms with Crippen molar-refractivity contribution in [3.8, 4) is 16.9 Å². The van der Waals surface area contributed by atoms with Crippen molar-refractivity contribution in [2.24, 2.45) is 5.73 Å². The lowest BCUT2D eigenvalue weighted by Gasteiger charge is -2.20. The van der Waals surface area contributed by atoms with Gasteiger partial charge in [-0.25, -0.2) is 9.48 Å². The second-order valence-electron chi connectivity index (χ2n) is 8.93. The molecule has 1 aliphatic rings. The Labute approximate surface area is 230 Å². The number of hydrogen-bond donors (Lipinski definition) is 2. The summed E-state index contributed by atoms with van der Waals surface area (Å²) in [6.07, 6.45) is 4.34. The zero-order valence-corrected chi connectivity index (χ0v) is 21.9. The Bertz CT molecular complexity index is 1620. The molecule has 0 atom stereocenters. The van der Waals surface area contributed by atoms with Gasteiger partial charge in [-0.05, 0) is 73.4 Å². The number of nitrogens with two attached hydrogens (primary N) is 1. The minimum absolute atomic E-state index is 0.215. The maximum Gasteiger partial charge on any atom is 0.330 e. The molecule has 0 fully saturated rings. The number of amides is 2. The molecule has 1 aromatic heterocycles. The molecule has 3 aromatic carbocycles. The van der Waals surface area contributed by atoms with Crippen LogP contribution in [0.3, 0.4) is 0 Å². The number of anilines is 1. The number of carbonyl (C=O) groups is 3. The van der Waals surface area contributed by atoms with Gasteiger partial charge in [0.1, 0.15) is 0 Å². The van der Waals surface area contributed by atoms with Crippen LogP contribution in [-0.4, -0.2) is 34.2 Å². The Morgan fingerprint density at radius 3 is 2.56 bits per heavy atom. The number of ether oxygens (including phenoxy) is 1. The monoisotopic (exact) mass is 540 g/mol. The third-order valence-electron chi connectivity index (χ3n) is 6.44. The lowest BCUT2D eigenvalue weighted by atomic mass is 9.88. The highest BCUT2D eigenvalue weighted by atomic mass is 35.5. The van der Waals surface area contributed by atoms with Crippen molar-refractivity contribution < 1.29 is 19.1 Å². The topological polar surface area (TPSA) is 116 Å². The Kier molecular flexibility index (Phi) is 7.29. The van der Waals surface area contributed by atoms with Gasteiger partial charge in [0.2, 0.25) is 0 Å². The number of aryl methyl sites for hydroxylation is 1. The van der Waals surface area contributed by atoms with Crippen LogP contribution in [0, 0.1) is 0 Å². The van der Waals surface area contributed by atoms with Crippen LogP contribution in [-0.2, 0) is 22.4 Å². The SMILES string of the molecule is CCOC(=O)/C=C/c1ccc(-n2nc(C(N)=O)c3c2-c2cc(NC(=O)c4ccccc4Cl)ccc2CC3)cc1. The van der Waals surface area contributed by atoms with Gasteiger partial charge in [-0.2, -0.15) is 5.10 Å². The van der Waals surface area contributed by atoms with Crippen LogP contribution >= 0.6 is 11.6 Å². The van der Waals surface area contributed by atoms with E-state index in [9.17, 15) is 14.4 Å². The van der Waals surface area contributed by atoms with Gasteiger partial charge >= 0.3 is 5.97 Å². The maximum absolute atomic E-state index is 12.9. The molecule has 8 nitrogen and oxygen atoms in total. The van der Waals surface area contributed by atoms with E-state index in [0.29, 0.717) is 41.4 Å². The van der Waals surface area contributed by atoms with Gasteiger partial charge in [0.05, 0.1) is 28.6 Å². The molecule has 196 valence electrons. The molecule has 2 amide bonds. The zero-order valence-electron chi connectivity index (χ0n) is 21.1. The second kappa shape index (κ2) is 11.0. The van der Waals surface area contributed by atoms with Crippen LogP contribution in [0.2, 0.25) is 5.02 Å². The molecule has 0 saturated carbocycles. The smallest absolute Gasteiger partial charge is 0.330 e. The molecule has 0 saturated heterocycles. The molecular weight excluding hydrogens is 516 g/mol. The van der Waals surface area contributed by atoms with E-state index in [2.05, 4.69) is 10.4 Å². The van der Waals surface area contributed by atoms with E-state index in [0.717, 1.165) is 27.9 Å². The van der Waals surface area contributed by atoms with Crippen molar-refractivity contribution in [2.45, 2.75) is 19.8 Å². The van der Waals surface area contributed by atoms with Gasteiger partial charge in [0, 0.05) is 22.9 Å². The molecule has 1 aliphatic carbocycles. The number of hydrogen-bond acceptors (Lipinski definition) is 5. The summed E-state index contributed by atoms with van der Waals surface area (Å²) in [6, 6.07) is 19.9. The molecule has 0 spiro atoms. The third kappa shape index (κ3) is 5.32. The quantitative estimate of drug-likeness (QED) is 0.246. The van der Waals surface area contributed by atoms with E-state index in [1.165, 1.54) is 6.08 Å². The minimum atomic E-state index is -0.606. The first-order valence-corrected chi connectivity index (χ1v) is 12.8. The van der Waals surface area contributed by atoms with Gasteiger partial charge < -0.3 is 15.8 Å². The number of benzene rings is 3. The fourth-order valence-electron chi connectivity index (χ4n) is 4.63. The molecule has 0 aliphatic heterocycles. The summed E-state index contributed by atoms with van der Waals surface area (Å²) in [6.45, 7) is 2.06. The van der Waals surface area contributed by atoms with E-state index in [4.69, 9.17) is 22.1 Å². The minimum Gasteiger partial charge on any atom is -0.463 e. The molecule has 4 aromatic rings. The first-order valence-electron chi connectivity index (χ1n) is 12.4. The van der Waals surface area contributed by atoms with Crippen LogP contribution in [0.5, 0.6) is 0 Å². The second-order valence-corrected chi connectivity index (χ2v) is 9.34. The first kappa shape index (κ1) is 25.9. The molecule has 0 radical (unpaired) electrons. The fourth-order valence-corrected chi connectivity index (χ4v) is 4.85. The van der Waals surface area contributed by atoms with Crippen molar-refractivity contribution in [1.82, 2.24) is 9.78 Å². The summed E-state index contributed by atoms with van der Waals surface area (Å²) >= 11 is 6.21. The van der Waals surface area contributed by atoms with Crippen molar-refractivity contribution in [3.05, 3.63) is 106 Å². The summed E-state index contributed by atoms with van der Waals surface area (Å²) in [7, 11) is 0. The molecule has 0 bridgehead atoms. The Hall–Kier alpha value is -4.69. The number of nitrogens with zero attached hydrogens (tertiary/aromatic N) is 2. The average Bonchev–Trinajstić information content (AvgIpc) is 3.33. The highest BCUT2D eigenvalue weighted by Gasteiger charge is 2.28. The van der Waals surface area contributed by atoms with Crippen molar-refractivity contribution >= 4 is 41.1 Å². The summed E-state index contributed by atoms with van der Waals surface area (Å²) in [5.74, 6) is -1.34. The van der Waals surface area contributed by atoms with Crippen molar-refractivity contribution in [2.75, 3.05) is 11.9 Å². The number of aromatic nitrogens is 2. The lowest BCUT2D eigenvalue weighted by molar-refractivity contribution is -0.137. The molecular formula is C30H25ClN4O4. The Balaban J connectivity index is 1.52. The van der Waals surface area contributed by atoms with E-state index in [1.807, 2.05) is 42.5 Å². The highest BCUT2D eigenvalue weighted by Crippen LogP contribution is 2.38. The van der Waals surface area contributed by atoms with Gasteiger partial charge in [0.25, 0.3) is 11.8 Å². The molecule has 5 rings (SSSR count). The van der Waals surface area contributed by atoms with Gasteiger partial charge in [0.15, 0.2) is 5.69 Å². The van der Waals surface area contributed by atoms with Crippen LogP contribution in [0.25, 0.3) is 23.0 Å². The van der Waals surface area contributed by atoms with Gasteiger partial charge in [-0.3, -0.25) is 9.59 Å². The van der Waals surface area contributed by atoms with E-state index < -0.39 is 11.9 Å². The van der Waals surface area contributed by atoms with E-state index >= 15 is 0 Å². The largest absolute Gasteiger partial charge is 0.463 e. The summed E-state index contributed by atoms with van der Waals surface area (Å²) in [5.41, 5.74) is 11.8. The standard InChI is InChI=1S/C30H25ClN4O4/c1-2-39-26(36)16-9-18-7-13-21(14-8-18)35-28-23(27(34-35)29(32)37)15-11-19-10-12-20(17-24(19)28)33-30(38)22-5-3-4-6-25(22)31/h3-10,12-14,16-17H,2,11,15H2,1H3,(H2,32,37)(H,33,38)/b16-9+. The highest BCUT2D eigenvalue weighted by molar-refractivity contribution is 6.34. The number of nitrogens with one attached hydrogen (secondary N) is 1. The molecule has 9 heteroatoms.